The molecule has 0 saturated carbocycles. The average Bonchev–Trinajstić information content (AvgIpc) is 3.12. The summed E-state index contributed by atoms with van der Waals surface area (Å²) in [6.45, 7) is 2.27. The lowest BCUT2D eigenvalue weighted by Crippen LogP contribution is -2.38. The van der Waals surface area contributed by atoms with Crippen LogP contribution in [0.25, 0.3) is 22.3 Å². The summed E-state index contributed by atoms with van der Waals surface area (Å²) in [6, 6.07) is 8.86. The van der Waals surface area contributed by atoms with Crippen molar-refractivity contribution in [1.29, 1.82) is 0 Å². The number of nitrogens with zero attached hydrogens (tertiary/aromatic N) is 1. The Bertz CT molecular complexity index is 1340. The Kier molecular flexibility index (Phi) is 7.13. The lowest BCUT2D eigenvalue weighted by atomic mass is 10.0. The molecule has 9 nitrogen and oxygen atoms in total. The van der Waals surface area contributed by atoms with Gasteiger partial charge < -0.3 is 23.9 Å². The van der Waals surface area contributed by atoms with Crippen molar-refractivity contribution >= 4 is 32.6 Å². The minimum absolute atomic E-state index is 0.0702. The van der Waals surface area contributed by atoms with Crippen molar-refractivity contribution in [2.75, 3.05) is 44.5 Å². The highest BCUT2D eigenvalue weighted by Crippen LogP contribution is 2.42. The Hall–Kier alpha value is -2.99. The highest BCUT2D eigenvalue weighted by molar-refractivity contribution is 7.92. The molecule has 0 aliphatic carbocycles. The summed E-state index contributed by atoms with van der Waals surface area (Å²) >= 11 is 0. The SMILES string of the molecule is CNC(=O)c1c(-c2ccc(F)cc2)oc2cc3c(cc12)[C@H](C)OC(OCCOC)CN3S(C)(=O)=O. The van der Waals surface area contributed by atoms with E-state index in [0.717, 1.165) is 6.26 Å². The Morgan fingerprint density at radius 3 is 2.57 bits per heavy atom. The number of furan rings is 1. The van der Waals surface area contributed by atoms with Gasteiger partial charge in [0.15, 0.2) is 6.29 Å². The number of sulfonamides is 1. The lowest BCUT2D eigenvalue weighted by molar-refractivity contribution is -0.164. The molecular formula is C24H27FN2O7S. The maximum absolute atomic E-state index is 13.5. The Labute approximate surface area is 202 Å². The van der Waals surface area contributed by atoms with Gasteiger partial charge in [0.25, 0.3) is 5.91 Å². The number of carbonyl (C=O) groups is 1. The molecule has 1 N–H and O–H groups in total. The van der Waals surface area contributed by atoms with E-state index in [-0.39, 0.29) is 24.5 Å². The Balaban J connectivity index is 1.90. The first kappa shape index (κ1) is 25.1. The summed E-state index contributed by atoms with van der Waals surface area (Å²) in [4.78, 5) is 12.9. The monoisotopic (exact) mass is 506 g/mol. The normalized spacial score (nSPS) is 18.4. The zero-order valence-corrected chi connectivity index (χ0v) is 20.6. The molecule has 1 amide bonds. The predicted molar refractivity (Wildman–Crippen MR) is 128 cm³/mol. The molecule has 1 aliphatic rings. The summed E-state index contributed by atoms with van der Waals surface area (Å²) < 4.78 is 63.0. The molecule has 188 valence electrons. The number of benzene rings is 2. The van der Waals surface area contributed by atoms with Gasteiger partial charge in [0.1, 0.15) is 17.2 Å². The van der Waals surface area contributed by atoms with Gasteiger partial charge in [0.2, 0.25) is 10.0 Å². The van der Waals surface area contributed by atoms with Crippen molar-refractivity contribution in [2.45, 2.75) is 19.3 Å². The zero-order chi connectivity index (χ0) is 25.3. The van der Waals surface area contributed by atoms with Crippen molar-refractivity contribution < 1.29 is 36.2 Å². The van der Waals surface area contributed by atoms with Crippen LogP contribution in [0.2, 0.25) is 0 Å². The molecule has 1 unspecified atom stereocenters. The minimum atomic E-state index is -3.72. The molecule has 2 aromatic carbocycles. The van der Waals surface area contributed by atoms with Crippen molar-refractivity contribution in [3.05, 3.63) is 53.3 Å². The second-order valence-electron chi connectivity index (χ2n) is 8.16. The molecule has 11 heteroatoms. The summed E-state index contributed by atoms with van der Waals surface area (Å²) in [6.07, 6.45) is -0.289. The number of halogens is 1. The fourth-order valence-corrected chi connectivity index (χ4v) is 5.00. The van der Waals surface area contributed by atoms with Gasteiger partial charge >= 0.3 is 0 Å². The maximum atomic E-state index is 13.5. The minimum Gasteiger partial charge on any atom is -0.455 e. The third-order valence-corrected chi connectivity index (χ3v) is 6.91. The van der Waals surface area contributed by atoms with Crippen LogP contribution in [-0.4, -0.2) is 60.8 Å². The molecule has 4 rings (SSSR count). The number of amides is 1. The van der Waals surface area contributed by atoms with Crippen molar-refractivity contribution in [3.8, 4) is 11.3 Å². The first-order valence-corrected chi connectivity index (χ1v) is 12.8. The maximum Gasteiger partial charge on any atom is 0.255 e. The molecule has 1 aliphatic heterocycles. The van der Waals surface area contributed by atoms with E-state index in [0.29, 0.717) is 34.4 Å². The Morgan fingerprint density at radius 1 is 1.23 bits per heavy atom. The van der Waals surface area contributed by atoms with Crippen LogP contribution in [0.3, 0.4) is 0 Å². The fraction of sp³-hybridized carbons (Fsp3) is 0.375. The molecular weight excluding hydrogens is 479 g/mol. The van der Waals surface area contributed by atoms with Crippen LogP contribution in [0.4, 0.5) is 10.1 Å². The number of nitrogens with one attached hydrogen (secondary N) is 1. The number of anilines is 1. The molecule has 0 fully saturated rings. The molecule has 2 heterocycles. The van der Waals surface area contributed by atoms with Gasteiger partial charge in [-0.3, -0.25) is 9.10 Å². The van der Waals surface area contributed by atoms with Crippen LogP contribution in [0.1, 0.15) is 28.9 Å². The van der Waals surface area contributed by atoms with Gasteiger partial charge in [0, 0.05) is 36.7 Å². The highest BCUT2D eigenvalue weighted by atomic mass is 32.2. The average molecular weight is 507 g/mol. The Morgan fingerprint density at radius 2 is 1.94 bits per heavy atom. The largest absolute Gasteiger partial charge is 0.455 e. The number of hydrogen-bond donors (Lipinski definition) is 1. The van der Waals surface area contributed by atoms with Gasteiger partial charge in [-0.05, 0) is 37.3 Å². The van der Waals surface area contributed by atoms with Crippen LogP contribution >= 0.6 is 0 Å². The summed E-state index contributed by atoms with van der Waals surface area (Å²) in [5, 5.41) is 3.09. The third kappa shape index (κ3) is 5.03. The van der Waals surface area contributed by atoms with Crippen molar-refractivity contribution in [3.63, 3.8) is 0 Å². The smallest absolute Gasteiger partial charge is 0.255 e. The standard InChI is InChI=1S/C24H27FN2O7S/c1-14-17-11-18-20(34-23(22(18)24(28)26-2)15-5-7-16(25)8-6-15)12-19(17)27(35(4,29)30)13-21(33-14)32-10-9-31-3/h5-8,11-12,14,21H,9-10,13H2,1-4H3,(H,26,28)/t14-,21?/m0/s1. The molecule has 3 aromatic rings. The molecule has 0 saturated heterocycles. The van der Waals surface area contributed by atoms with Gasteiger partial charge in [-0.2, -0.15) is 0 Å². The van der Waals surface area contributed by atoms with Crippen molar-refractivity contribution in [2.24, 2.45) is 0 Å². The number of carbonyl (C=O) groups excluding carboxylic acids is 1. The molecule has 0 radical (unpaired) electrons. The highest BCUT2D eigenvalue weighted by Gasteiger charge is 2.34. The second-order valence-corrected chi connectivity index (χ2v) is 10.1. The van der Waals surface area contributed by atoms with Crippen molar-refractivity contribution in [1.82, 2.24) is 5.32 Å². The first-order valence-electron chi connectivity index (χ1n) is 11.0. The number of fused-ring (bicyclic) bond motifs is 2. The van der Waals surface area contributed by atoms with Crippen LogP contribution in [0.15, 0.2) is 40.8 Å². The molecule has 0 bridgehead atoms. The second kappa shape index (κ2) is 9.94. The summed E-state index contributed by atoms with van der Waals surface area (Å²) in [7, 11) is -0.682. The number of rotatable bonds is 7. The number of methoxy groups -OCH3 is 1. The number of hydrogen-bond acceptors (Lipinski definition) is 7. The van der Waals surface area contributed by atoms with Gasteiger partial charge in [-0.15, -0.1) is 0 Å². The summed E-state index contributed by atoms with van der Waals surface area (Å²) in [5.74, 6) is -0.569. The van der Waals surface area contributed by atoms with E-state index in [2.05, 4.69) is 5.32 Å². The molecule has 35 heavy (non-hydrogen) atoms. The van der Waals surface area contributed by atoms with E-state index >= 15 is 0 Å². The van der Waals surface area contributed by atoms with E-state index in [9.17, 15) is 17.6 Å². The third-order valence-electron chi connectivity index (χ3n) is 5.77. The van der Waals surface area contributed by atoms with E-state index < -0.39 is 34.1 Å². The van der Waals surface area contributed by atoms with Crippen LogP contribution in [0, 0.1) is 5.82 Å². The van der Waals surface area contributed by atoms with Gasteiger partial charge in [-0.1, -0.05) is 0 Å². The summed E-state index contributed by atoms with van der Waals surface area (Å²) in [5.41, 5.74) is 1.99. The van der Waals surface area contributed by atoms with Crippen LogP contribution in [0.5, 0.6) is 0 Å². The number of ether oxygens (including phenoxy) is 3. The topological polar surface area (TPSA) is 107 Å². The van der Waals surface area contributed by atoms with Gasteiger partial charge in [0.05, 0.1) is 43.4 Å². The lowest BCUT2D eigenvalue weighted by Gasteiger charge is -2.24. The first-order chi connectivity index (χ1) is 16.6. The predicted octanol–water partition coefficient (Wildman–Crippen LogP) is 3.44. The fourth-order valence-electron chi connectivity index (χ4n) is 4.09. The quantitative estimate of drug-likeness (QED) is 0.489. The van der Waals surface area contributed by atoms with E-state index in [1.807, 2.05) is 0 Å². The van der Waals surface area contributed by atoms with E-state index in [1.165, 1.54) is 42.7 Å². The van der Waals surface area contributed by atoms with Crippen LogP contribution in [-0.2, 0) is 24.2 Å². The van der Waals surface area contributed by atoms with E-state index in [1.54, 1.807) is 19.1 Å². The van der Waals surface area contributed by atoms with E-state index in [4.69, 9.17) is 18.6 Å². The molecule has 1 aromatic heterocycles. The van der Waals surface area contributed by atoms with Gasteiger partial charge in [-0.25, -0.2) is 12.8 Å². The van der Waals surface area contributed by atoms with Crippen LogP contribution < -0.4 is 9.62 Å². The molecule has 0 spiro atoms. The zero-order valence-electron chi connectivity index (χ0n) is 19.8. The molecule has 2 atom stereocenters.